The van der Waals surface area contributed by atoms with Crippen LogP contribution in [0.5, 0.6) is 0 Å². The number of alkyl halides is 3. The van der Waals surface area contributed by atoms with Gasteiger partial charge >= 0.3 is 6.18 Å². The number of rotatable bonds is 5. The van der Waals surface area contributed by atoms with Gasteiger partial charge in [0.15, 0.2) is 16.1 Å². The molecule has 5 nitrogen and oxygen atoms in total. The van der Waals surface area contributed by atoms with E-state index in [1.807, 2.05) is 0 Å². The highest BCUT2D eigenvalue weighted by atomic mass is 35.5. The number of piperidine rings is 1. The first-order valence-corrected chi connectivity index (χ1v) is 12.1. The third-order valence-corrected chi connectivity index (χ3v) is 9.13. The van der Waals surface area contributed by atoms with Crippen LogP contribution >= 0.6 is 11.6 Å². The molecular formula is C23H23ClF3NO4S. The van der Waals surface area contributed by atoms with Gasteiger partial charge in [0.25, 0.3) is 5.91 Å². The summed E-state index contributed by atoms with van der Waals surface area (Å²) >= 11 is 5.96. The van der Waals surface area contributed by atoms with Gasteiger partial charge in [0.05, 0.1) is 20.8 Å². The third kappa shape index (κ3) is 4.94. The summed E-state index contributed by atoms with van der Waals surface area (Å²) in [4.78, 5) is 25.8. The Morgan fingerprint density at radius 3 is 2.27 bits per heavy atom. The van der Waals surface area contributed by atoms with E-state index in [1.165, 1.54) is 17.0 Å². The molecule has 0 aliphatic carbocycles. The second kappa shape index (κ2) is 9.10. The Bertz CT molecular complexity index is 1170. The lowest BCUT2D eigenvalue weighted by molar-refractivity contribution is -0.137. The number of nitrogens with zero attached hydrogens (tertiary/aromatic N) is 1. The number of hydrogen-bond donors (Lipinski definition) is 0. The summed E-state index contributed by atoms with van der Waals surface area (Å²) in [6.07, 6.45) is -3.63. The second-order valence-electron chi connectivity index (χ2n) is 8.55. The summed E-state index contributed by atoms with van der Waals surface area (Å²) in [5, 5.41) is 0.315. The number of halogens is 4. The Balaban J connectivity index is 1.77. The number of benzene rings is 2. The monoisotopic (exact) mass is 501 g/mol. The van der Waals surface area contributed by atoms with Gasteiger partial charge in [-0.15, -0.1) is 0 Å². The summed E-state index contributed by atoms with van der Waals surface area (Å²) in [5.41, 5.74) is -1.45. The molecule has 1 saturated heterocycles. The molecule has 2 aromatic carbocycles. The zero-order valence-corrected chi connectivity index (χ0v) is 19.6. The quantitative estimate of drug-likeness (QED) is 0.523. The zero-order chi connectivity index (χ0) is 24.6. The average molecular weight is 502 g/mol. The summed E-state index contributed by atoms with van der Waals surface area (Å²) in [6, 6.07) is 8.50. The van der Waals surface area contributed by atoms with Gasteiger partial charge in [-0.25, -0.2) is 8.42 Å². The predicted octanol–water partition coefficient (Wildman–Crippen LogP) is 5.28. The predicted molar refractivity (Wildman–Crippen MR) is 118 cm³/mol. The number of sulfone groups is 1. The van der Waals surface area contributed by atoms with Crippen LogP contribution in [0.25, 0.3) is 0 Å². The molecule has 1 amide bonds. The van der Waals surface area contributed by atoms with E-state index < -0.39 is 32.2 Å². The smallest absolute Gasteiger partial charge is 0.339 e. The van der Waals surface area contributed by atoms with Gasteiger partial charge in [-0.2, -0.15) is 13.2 Å². The topological polar surface area (TPSA) is 71.5 Å². The minimum atomic E-state index is -4.63. The van der Waals surface area contributed by atoms with E-state index in [9.17, 15) is 31.2 Å². The molecule has 2 aromatic rings. The third-order valence-electron chi connectivity index (χ3n) is 6.30. The number of aldehydes is 1. The van der Waals surface area contributed by atoms with Crippen LogP contribution in [0.4, 0.5) is 13.2 Å². The summed E-state index contributed by atoms with van der Waals surface area (Å²) < 4.78 is 64.2. The van der Waals surface area contributed by atoms with Gasteiger partial charge in [0.1, 0.15) is 0 Å². The Kier molecular flexibility index (Phi) is 6.96. The summed E-state index contributed by atoms with van der Waals surface area (Å²) in [5.74, 6) is -0.816. The molecule has 1 aliphatic heterocycles. The largest absolute Gasteiger partial charge is 0.416 e. The lowest BCUT2D eigenvalue weighted by Gasteiger charge is -2.40. The van der Waals surface area contributed by atoms with Gasteiger partial charge in [-0.1, -0.05) is 17.7 Å². The minimum absolute atomic E-state index is 0.109. The molecule has 0 spiro atoms. The van der Waals surface area contributed by atoms with Crippen LogP contribution in [0.1, 0.15) is 53.0 Å². The molecule has 10 heteroatoms. The van der Waals surface area contributed by atoms with Crippen molar-refractivity contribution in [2.45, 2.75) is 42.5 Å². The highest BCUT2D eigenvalue weighted by Crippen LogP contribution is 2.39. The van der Waals surface area contributed by atoms with E-state index >= 15 is 0 Å². The molecule has 0 saturated carbocycles. The molecule has 0 aromatic heterocycles. The van der Waals surface area contributed by atoms with Crippen LogP contribution in [0.3, 0.4) is 0 Å². The number of carbonyl (C=O) groups is 2. The zero-order valence-electron chi connectivity index (χ0n) is 18.0. The molecular weight excluding hydrogens is 479 g/mol. The first kappa shape index (κ1) is 25.2. The molecule has 0 atom stereocenters. The first-order chi connectivity index (χ1) is 15.3. The van der Waals surface area contributed by atoms with Crippen LogP contribution in [0.2, 0.25) is 5.02 Å². The van der Waals surface area contributed by atoms with Crippen LogP contribution < -0.4 is 0 Å². The normalized spacial score (nSPS) is 16.0. The average Bonchev–Trinajstić information content (AvgIpc) is 2.77. The Morgan fingerprint density at radius 1 is 1.09 bits per heavy atom. The maximum absolute atomic E-state index is 13.3. The van der Waals surface area contributed by atoms with Crippen LogP contribution in [0.15, 0.2) is 47.4 Å². The Labute approximate surface area is 195 Å². The molecule has 1 heterocycles. The molecule has 0 radical (unpaired) electrons. The number of hydrogen-bond acceptors (Lipinski definition) is 4. The van der Waals surface area contributed by atoms with Crippen molar-refractivity contribution in [2.24, 2.45) is 5.92 Å². The molecule has 1 aliphatic rings. The van der Waals surface area contributed by atoms with Crippen LogP contribution in [-0.4, -0.2) is 43.3 Å². The number of amides is 1. The van der Waals surface area contributed by atoms with E-state index in [-0.39, 0.29) is 41.3 Å². The van der Waals surface area contributed by atoms with E-state index in [2.05, 4.69) is 0 Å². The lowest BCUT2D eigenvalue weighted by atomic mass is 9.85. The Morgan fingerprint density at radius 2 is 1.73 bits per heavy atom. The van der Waals surface area contributed by atoms with Crippen LogP contribution in [-0.2, 0) is 16.0 Å². The number of carbonyl (C=O) groups excluding carboxylic acids is 2. The molecule has 0 unspecified atom stereocenters. The van der Waals surface area contributed by atoms with Crippen molar-refractivity contribution in [3.05, 3.63) is 64.2 Å². The van der Waals surface area contributed by atoms with Crippen molar-refractivity contribution in [2.75, 3.05) is 13.1 Å². The molecule has 178 valence electrons. The standard InChI is InChI=1S/C23H23ClF3NO4S/c1-22(2,33(31,32)19-5-3-4-18(24)13-19)16-8-10-28(11-9-16)21(30)20-7-6-17(23(25,26)27)12-15(20)14-29/h3-7,12-14,16H,8-11H2,1-2H3. The van der Waals surface area contributed by atoms with E-state index in [4.69, 9.17) is 11.6 Å². The SMILES string of the molecule is CC(C)(C1CCN(C(=O)c2ccc(C(F)(F)F)cc2C=O)CC1)S(=O)(=O)c1cccc(Cl)c1. The van der Waals surface area contributed by atoms with E-state index in [0.717, 1.165) is 12.1 Å². The highest BCUT2D eigenvalue weighted by Gasteiger charge is 2.44. The molecule has 3 rings (SSSR count). The van der Waals surface area contributed by atoms with E-state index in [1.54, 1.807) is 26.0 Å². The summed E-state index contributed by atoms with van der Waals surface area (Å²) in [7, 11) is -3.72. The fourth-order valence-electron chi connectivity index (χ4n) is 4.14. The fourth-order valence-corrected chi connectivity index (χ4v) is 6.21. The van der Waals surface area contributed by atoms with Crippen molar-refractivity contribution < 1.29 is 31.2 Å². The van der Waals surface area contributed by atoms with Crippen molar-refractivity contribution >= 4 is 33.6 Å². The van der Waals surface area contributed by atoms with Crippen molar-refractivity contribution in [3.63, 3.8) is 0 Å². The number of likely N-dealkylation sites (tertiary alicyclic amines) is 1. The molecule has 33 heavy (non-hydrogen) atoms. The van der Waals surface area contributed by atoms with Gasteiger partial charge in [0, 0.05) is 23.7 Å². The Hall–Kier alpha value is -2.39. The fraction of sp³-hybridized carbons (Fsp3) is 0.391. The van der Waals surface area contributed by atoms with E-state index in [0.29, 0.717) is 23.9 Å². The second-order valence-corrected chi connectivity index (χ2v) is 11.5. The first-order valence-electron chi connectivity index (χ1n) is 10.2. The maximum Gasteiger partial charge on any atom is 0.416 e. The lowest BCUT2D eigenvalue weighted by Crippen LogP contribution is -2.47. The minimum Gasteiger partial charge on any atom is -0.339 e. The van der Waals surface area contributed by atoms with Gasteiger partial charge < -0.3 is 4.90 Å². The van der Waals surface area contributed by atoms with Crippen molar-refractivity contribution in [1.82, 2.24) is 4.90 Å². The molecule has 0 N–H and O–H groups in total. The summed E-state index contributed by atoms with van der Waals surface area (Å²) in [6.45, 7) is 3.73. The van der Waals surface area contributed by atoms with Gasteiger partial charge in [-0.05, 0) is 69.0 Å². The van der Waals surface area contributed by atoms with Crippen molar-refractivity contribution in [1.29, 1.82) is 0 Å². The molecule has 1 fully saturated rings. The van der Waals surface area contributed by atoms with Gasteiger partial charge in [0.2, 0.25) is 0 Å². The van der Waals surface area contributed by atoms with Crippen LogP contribution in [0, 0.1) is 5.92 Å². The maximum atomic E-state index is 13.3. The molecule has 0 bridgehead atoms. The highest BCUT2D eigenvalue weighted by molar-refractivity contribution is 7.92. The van der Waals surface area contributed by atoms with Crippen molar-refractivity contribution in [3.8, 4) is 0 Å². The van der Waals surface area contributed by atoms with Gasteiger partial charge in [-0.3, -0.25) is 9.59 Å².